The predicted molar refractivity (Wildman–Crippen MR) is 69.3 cm³/mol. The molecule has 1 saturated heterocycles. The summed E-state index contributed by atoms with van der Waals surface area (Å²) in [6.07, 6.45) is 3.35. The molecular weight excluding hydrogens is 270 g/mol. The number of hydrogen-bond acceptors (Lipinski definition) is 3. The molecular formula is C13H16ClNO4. The van der Waals surface area contributed by atoms with Gasteiger partial charge < -0.3 is 14.4 Å². The Kier molecular flexibility index (Phi) is 4.47. The second-order valence-corrected chi connectivity index (χ2v) is 5.06. The van der Waals surface area contributed by atoms with Crippen LogP contribution in [0.2, 0.25) is 5.22 Å². The molecule has 0 aromatic carbocycles. The first-order valence-electron chi connectivity index (χ1n) is 6.36. The van der Waals surface area contributed by atoms with Gasteiger partial charge >= 0.3 is 5.97 Å². The summed E-state index contributed by atoms with van der Waals surface area (Å²) < 4.78 is 5.13. The third-order valence-corrected chi connectivity index (χ3v) is 3.57. The zero-order chi connectivity index (χ0) is 13.8. The molecule has 0 bridgehead atoms. The summed E-state index contributed by atoms with van der Waals surface area (Å²) in [6, 6.07) is 3.06. The molecule has 2 rings (SSSR count). The van der Waals surface area contributed by atoms with E-state index in [0.29, 0.717) is 13.0 Å². The Hall–Kier alpha value is -1.49. The normalized spacial score (nSPS) is 19.4. The molecule has 1 amide bonds. The first-order chi connectivity index (χ1) is 9.08. The largest absolute Gasteiger partial charge is 0.481 e. The van der Waals surface area contributed by atoms with Crippen LogP contribution in [0, 0.1) is 0 Å². The maximum absolute atomic E-state index is 12.3. The van der Waals surface area contributed by atoms with Gasteiger partial charge in [-0.05, 0) is 49.4 Å². The number of carbonyl (C=O) groups is 2. The van der Waals surface area contributed by atoms with Crippen LogP contribution in [-0.4, -0.2) is 34.5 Å². The molecule has 19 heavy (non-hydrogen) atoms. The number of likely N-dealkylation sites (tertiary alicyclic amines) is 1. The molecule has 5 nitrogen and oxygen atoms in total. The smallest absolute Gasteiger partial charge is 0.303 e. The first-order valence-corrected chi connectivity index (χ1v) is 6.74. The van der Waals surface area contributed by atoms with Crippen LogP contribution < -0.4 is 0 Å². The third-order valence-electron chi connectivity index (χ3n) is 3.36. The van der Waals surface area contributed by atoms with Crippen molar-refractivity contribution in [3.63, 3.8) is 0 Å². The van der Waals surface area contributed by atoms with Gasteiger partial charge in [-0.2, -0.15) is 0 Å². The maximum atomic E-state index is 12.3. The van der Waals surface area contributed by atoms with Crippen LogP contribution >= 0.6 is 11.6 Å². The Balaban J connectivity index is 2.06. The van der Waals surface area contributed by atoms with E-state index < -0.39 is 5.97 Å². The Bertz CT molecular complexity index is 471. The summed E-state index contributed by atoms with van der Waals surface area (Å²) in [5, 5.41) is 8.93. The average molecular weight is 286 g/mol. The Morgan fingerprint density at radius 2 is 2.21 bits per heavy atom. The maximum Gasteiger partial charge on any atom is 0.303 e. The number of rotatable bonds is 4. The number of aliphatic carboxylic acids is 1. The van der Waals surface area contributed by atoms with Gasteiger partial charge in [0.2, 0.25) is 0 Å². The van der Waals surface area contributed by atoms with Crippen LogP contribution in [0.4, 0.5) is 0 Å². The SMILES string of the molecule is O=C(O)CC[C@H]1CCCCN1C(=O)c1ccc(Cl)o1. The van der Waals surface area contributed by atoms with E-state index in [1.54, 1.807) is 11.0 Å². The van der Waals surface area contributed by atoms with Crippen LogP contribution in [0.25, 0.3) is 0 Å². The fourth-order valence-electron chi connectivity index (χ4n) is 2.43. The Morgan fingerprint density at radius 3 is 2.84 bits per heavy atom. The highest BCUT2D eigenvalue weighted by molar-refractivity contribution is 6.29. The fraction of sp³-hybridized carbons (Fsp3) is 0.538. The fourth-order valence-corrected chi connectivity index (χ4v) is 2.58. The Labute approximate surface area is 116 Å². The molecule has 2 heterocycles. The van der Waals surface area contributed by atoms with Crippen molar-refractivity contribution in [1.29, 1.82) is 0 Å². The number of carboxylic acids is 1. The summed E-state index contributed by atoms with van der Waals surface area (Å²) >= 11 is 5.67. The minimum atomic E-state index is -0.834. The van der Waals surface area contributed by atoms with Crippen molar-refractivity contribution in [2.24, 2.45) is 0 Å². The number of nitrogens with zero attached hydrogens (tertiary/aromatic N) is 1. The van der Waals surface area contributed by atoms with Gasteiger partial charge in [-0.1, -0.05) is 0 Å². The summed E-state index contributed by atoms with van der Waals surface area (Å²) in [4.78, 5) is 24.7. The van der Waals surface area contributed by atoms with E-state index in [0.717, 1.165) is 19.3 Å². The third kappa shape index (κ3) is 3.50. The molecule has 1 aromatic rings. The van der Waals surface area contributed by atoms with Gasteiger partial charge in [-0.25, -0.2) is 0 Å². The van der Waals surface area contributed by atoms with E-state index in [2.05, 4.69) is 0 Å². The second kappa shape index (κ2) is 6.10. The lowest BCUT2D eigenvalue weighted by atomic mass is 9.97. The molecule has 0 spiro atoms. The number of carbonyl (C=O) groups excluding carboxylic acids is 1. The highest BCUT2D eigenvalue weighted by Gasteiger charge is 2.29. The first kappa shape index (κ1) is 13.9. The molecule has 0 saturated carbocycles. The average Bonchev–Trinajstić information content (AvgIpc) is 2.82. The van der Waals surface area contributed by atoms with Gasteiger partial charge in [0, 0.05) is 19.0 Å². The lowest BCUT2D eigenvalue weighted by molar-refractivity contribution is -0.137. The monoisotopic (exact) mass is 285 g/mol. The molecule has 104 valence electrons. The zero-order valence-electron chi connectivity index (χ0n) is 10.5. The molecule has 1 atom stereocenters. The molecule has 1 fully saturated rings. The highest BCUT2D eigenvalue weighted by Crippen LogP contribution is 2.24. The molecule has 6 heteroatoms. The van der Waals surface area contributed by atoms with Gasteiger partial charge in [-0.3, -0.25) is 9.59 Å². The molecule has 0 radical (unpaired) electrons. The van der Waals surface area contributed by atoms with Crippen LogP contribution in [-0.2, 0) is 4.79 Å². The van der Waals surface area contributed by atoms with E-state index in [1.807, 2.05) is 0 Å². The van der Waals surface area contributed by atoms with Crippen molar-refractivity contribution in [3.05, 3.63) is 23.1 Å². The lowest BCUT2D eigenvalue weighted by Crippen LogP contribution is -2.43. The number of halogens is 1. The van der Waals surface area contributed by atoms with Crippen molar-refractivity contribution in [1.82, 2.24) is 4.90 Å². The van der Waals surface area contributed by atoms with E-state index in [9.17, 15) is 9.59 Å². The number of carboxylic acid groups (broad SMARTS) is 1. The number of amides is 1. The van der Waals surface area contributed by atoms with Crippen molar-refractivity contribution in [3.8, 4) is 0 Å². The van der Waals surface area contributed by atoms with Crippen molar-refractivity contribution in [2.75, 3.05) is 6.54 Å². The van der Waals surface area contributed by atoms with Gasteiger partial charge in [0.05, 0.1) is 0 Å². The quantitative estimate of drug-likeness (QED) is 0.923. The van der Waals surface area contributed by atoms with E-state index in [4.69, 9.17) is 21.1 Å². The minimum absolute atomic E-state index is 0.0266. The lowest BCUT2D eigenvalue weighted by Gasteiger charge is -2.35. The standard InChI is InChI=1S/C13H16ClNO4/c14-11-6-5-10(19-11)13(18)15-8-2-1-3-9(15)4-7-12(16)17/h5-6,9H,1-4,7-8H2,(H,16,17)/t9-/m1/s1. The van der Waals surface area contributed by atoms with Crippen LogP contribution in [0.15, 0.2) is 16.5 Å². The summed E-state index contributed by atoms with van der Waals surface area (Å²) in [5.41, 5.74) is 0. The van der Waals surface area contributed by atoms with E-state index >= 15 is 0 Å². The highest BCUT2D eigenvalue weighted by atomic mass is 35.5. The van der Waals surface area contributed by atoms with Gasteiger partial charge in [0.1, 0.15) is 0 Å². The zero-order valence-corrected chi connectivity index (χ0v) is 11.2. The van der Waals surface area contributed by atoms with Crippen molar-refractivity contribution < 1.29 is 19.1 Å². The minimum Gasteiger partial charge on any atom is -0.481 e. The molecule has 0 unspecified atom stereocenters. The number of furan rings is 1. The second-order valence-electron chi connectivity index (χ2n) is 4.68. The van der Waals surface area contributed by atoms with Crippen LogP contribution in [0.5, 0.6) is 0 Å². The van der Waals surface area contributed by atoms with Gasteiger partial charge in [0.25, 0.3) is 5.91 Å². The van der Waals surface area contributed by atoms with Crippen molar-refractivity contribution >= 4 is 23.5 Å². The summed E-state index contributed by atoms with van der Waals surface area (Å²) in [6.45, 7) is 0.640. The van der Waals surface area contributed by atoms with Gasteiger partial charge in [0.15, 0.2) is 11.0 Å². The molecule has 1 aliphatic heterocycles. The summed E-state index contributed by atoms with van der Waals surface area (Å²) in [7, 11) is 0. The Morgan fingerprint density at radius 1 is 1.42 bits per heavy atom. The van der Waals surface area contributed by atoms with Gasteiger partial charge in [-0.15, -0.1) is 0 Å². The number of hydrogen-bond donors (Lipinski definition) is 1. The molecule has 1 aromatic heterocycles. The summed E-state index contributed by atoms with van der Waals surface area (Å²) in [5.74, 6) is -0.826. The van der Waals surface area contributed by atoms with Crippen molar-refractivity contribution in [2.45, 2.75) is 38.1 Å². The molecule has 1 aliphatic rings. The number of piperidine rings is 1. The van der Waals surface area contributed by atoms with Crippen LogP contribution in [0.1, 0.15) is 42.7 Å². The molecule has 1 N–H and O–H groups in total. The predicted octanol–water partition coefficient (Wildman–Crippen LogP) is 2.79. The van der Waals surface area contributed by atoms with E-state index in [1.165, 1.54) is 6.07 Å². The topological polar surface area (TPSA) is 70.8 Å². The van der Waals surface area contributed by atoms with E-state index in [-0.39, 0.29) is 29.3 Å². The van der Waals surface area contributed by atoms with Crippen LogP contribution in [0.3, 0.4) is 0 Å². The molecule has 0 aliphatic carbocycles.